The molecule has 3 nitrogen and oxygen atoms in total. The second-order valence-electron chi connectivity index (χ2n) is 4.82. The highest BCUT2D eigenvalue weighted by Gasteiger charge is 2.17. The quantitative estimate of drug-likeness (QED) is 0.898. The average molecular weight is 274 g/mol. The van der Waals surface area contributed by atoms with Crippen molar-refractivity contribution in [1.29, 1.82) is 0 Å². The molecule has 1 aromatic carbocycles. The molecule has 0 aliphatic heterocycles. The van der Waals surface area contributed by atoms with Gasteiger partial charge in [0.2, 0.25) is 5.91 Å². The van der Waals surface area contributed by atoms with Crippen LogP contribution in [0.3, 0.4) is 0 Å². The summed E-state index contributed by atoms with van der Waals surface area (Å²) >= 11 is 1.68. The van der Waals surface area contributed by atoms with Crippen LogP contribution in [0, 0.1) is 5.92 Å². The summed E-state index contributed by atoms with van der Waals surface area (Å²) in [6, 6.07) is 11.4. The molecule has 1 amide bonds. The summed E-state index contributed by atoms with van der Waals surface area (Å²) < 4.78 is 0. The van der Waals surface area contributed by atoms with Crippen LogP contribution in [0.15, 0.2) is 41.8 Å². The van der Waals surface area contributed by atoms with Gasteiger partial charge >= 0.3 is 0 Å². The second-order valence-corrected chi connectivity index (χ2v) is 5.76. The number of carbonyl (C=O) groups is 1. The Morgan fingerprint density at radius 1 is 1.26 bits per heavy atom. The number of amides is 1. The van der Waals surface area contributed by atoms with Crippen molar-refractivity contribution in [2.75, 3.05) is 5.32 Å². The standard InChI is InChI=1S/C15H18N2OS/c1-10(2)14(16)15(18)17-12-6-3-5-11(9-12)13-7-4-8-19-13/h3-10,14H,16H2,1-2H3,(H,17,18)/t14-/m0/s1. The molecule has 1 aromatic heterocycles. The van der Waals surface area contributed by atoms with E-state index in [1.165, 1.54) is 4.88 Å². The van der Waals surface area contributed by atoms with Crippen LogP contribution in [-0.2, 0) is 4.79 Å². The van der Waals surface area contributed by atoms with Crippen LogP contribution in [0.2, 0.25) is 0 Å². The first-order valence-electron chi connectivity index (χ1n) is 6.28. The molecule has 4 heteroatoms. The molecule has 0 saturated carbocycles. The monoisotopic (exact) mass is 274 g/mol. The van der Waals surface area contributed by atoms with Gasteiger partial charge in [-0.1, -0.05) is 32.0 Å². The minimum atomic E-state index is -0.481. The largest absolute Gasteiger partial charge is 0.325 e. The topological polar surface area (TPSA) is 55.1 Å². The lowest BCUT2D eigenvalue weighted by molar-refractivity contribution is -0.118. The van der Waals surface area contributed by atoms with Crippen molar-refractivity contribution < 1.29 is 4.79 Å². The zero-order valence-electron chi connectivity index (χ0n) is 11.1. The second kappa shape index (κ2) is 5.99. The highest BCUT2D eigenvalue weighted by atomic mass is 32.1. The van der Waals surface area contributed by atoms with E-state index in [1.54, 1.807) is 11.3 Å². The van der Waals surface area contributed by atoms with Crippen LogP contribution in [0.25, 0.3) is 10.4 Å². The van der Waals surface area contributed by atoms with Gasteiger partial charge in [-0.05, 0) is 35.1 Å². The molecule has 19 heavy (non-hydrogen) atoms. The molecule has 0 bridgehead atoms. The highest BCUT2D eigenvalue weighted by molar-refractivity contribution is 7.13. The first kappa shape index (κ1) is 13.8. The van der Waals surface area contributed by atoms with E-state index in [2.05, 4.69) is 11.4 Å². The minimum Gasteiger partial charge on any atom is -0.325 e. The summed E-state index contributed by atoms with van der Waals surface area (Å²) in [6.45, 7) is 3.87. The van der Waals surface area contributed by atoms with E-state index >= 15 is 0 Å². The van der Waals surface area contributed by atoms with Crippen LogP contribution in [-0.4, -0.2) is 11.9 Å². The third kappa shape index (κ3) is 3.43. The van der Waals surface area contributed by atoms with Gasteiger partial charge in [0.1, 0.15) is 0 Å². The number of carbonyl (C=O) groups excluding carboxylic acids is 1. The van der Waals surface area contributed by atoms with E-state index in [0.717, 1.165) is 11.3 Å². The third-order valence-corrected chi connectivity index (χ3v) is 3.88. The van der Waals surface area contributed by atoms with Crippen molar-refractivity contribution in [2.24, 2.45) is 11.7 Å². The lowest BCUT2D eigenvalue weighted by Gasteiger charge is -2.15. The maximum Gasteiger partial charge on any atom is 0.241 e. The van der Waals surface area contributed by atoms with Gasteiger partial charge in [-0.2, -0.15) is 0 Å². The average Bonchev–Trinajstić information content (AvgIpc) is 2.91. The number of rotatable bonds is 4. The van der Waals surface area contributed by atoms with Crippen molar-refractivity contribution in [3.05, 3.63) is 41.8 Å². The van der Waals surface area contributed by atoms with Crippen LogP contribution in [0.1, 0.15) is 13.8 Å². The normalized spacial score (nSPS) is 12.4. The van der Waals surface area contributed by atoms with Gasteiger partial charge in [0.15, 0.2) is 0 Å². The molecule has 0 radical (unpaired) electrons. The van der Waals surface area contributed by atoms with E-state index in [0.29, 0.717) is 0 Å². The van der Waals surface area contributed by atoms with Gasteiger partial charge in [0.25, 0.3) is 0 Å². The molecule has 0 spiro atoms. The maximum absolute atomic E-state index is 11.9. The van der Waals surface area contributed by atoms with Gasteiger partial charge in [-0.25, -0.2) is 0 Å². The van der Waals surface area contributed by atoms with Crippen LogP contribution in [0.4, 0.5) is 5.69 Å². The van der Waals surface area contributed by atoms with Gasteiger partial charge < -0.3 is 11.1 Å². The molecule has 0 aliphatic carbocycles. The van der Waals surface area contributed by atoms with Crippen molar-refractivity contribution in [1.82, 2.24) is 0 Å². The molecule has 3 N–H and O–H groups in total. The molecule has 0 aliphatic rings. The smallest absolute Gasteiger partial charge is 0.241 e. The zero-order chi connectivity index (χ0) is 13.8. The molecule has 1 heterocycles. The Hall–Kier alpha value is -1.65. The Balaban J connectivity index is 2.14. The van der Waals surface area contributed by atoms with Crippen LogP contribution >= 0.6 is 11.3 Å². The summed E-state index contributed by atoms with van der Waals surface area (Å²) in [5, 5.41) is 4.90. The fraction of sp³-hybridized carbons (Fsp3) is 0.267. The molecule has 2 aromatic rings. The lowest BCUT2D eigenvalue weighted by atomic mass is 10.0. The van der Waals surface area contributed by atoms with Crippen molar-refractivity contribution >= 4 is 22.9 Å². The molecular weight excluding hydrogens is 256 g/mol. The van der Waals surface area contributed by atoms with E-state index in [9.17, 15) is 4.79 Å². The molecule has 0 unspecified atom stereocenters. The van der Waals surface area contributed by atoms with Crippen LogP contribution in [0.5, 0.6) is 0 Å². The summed E-state index contributed by atoms with van der Waals surface area (Å²) in [5.41, 5.74) is 7.72. The number of nitrogens with one attached hydrogen (secondary N) is 1. The number of anilines is 1. The van der Waals surface area contributed by atoms with E-state index in [-0.39, 0.29) is 11.8 Å². The number of thiophene rings is 1. The molecule has 0 saturated heterocycles. The predicted molar refractivity (Wildman–Crippen MR) is 81.2 cm³/mol. The summed E-state index contributed by atoms with van der Waals surface area (Å²) in [7, 11) is 0. The van der Waals surface area contributed by atoms with Crippen molar-refractivity contribution in [3.8, 4) is 10.4 Å². The fourth-order valence-corrected chi connectivity index (χ4v) is 2.45. The maximum atomic E-state index is 11.9. The number of benzene rings is 1. The number of hydrogen-bond acceptors (Lipinski definition) is 3. The van der Waals surface area contributed by atoms with Gasteiger partial charge in [-0.3, -0.25) is 4.79 Å². The summed E-state index contributed by atoms with van der Waals surface area (Å²) in [4.78, 5) is 13.1. The molecule has 0 fully saturated rings. The first-order valence-corrected chi connectivity index (χ1v) is 7.16. The predicted octanol–water partition coefficient (Wildman–Crippen LogP) is 3.34. The van der Waals surface area contributed by atoms with Crippen molar-refractivity contribution in [3.63, 3.8) is 0 Å². The van der Waals surface area contributed by atoms with Gasteiger partial charge in [-0.15, -0.1) is 11.3 Å². The summed E-state index contributed by atoms with van der Waals surface area (Å²) in [6.07, 6.45) is 0. The Labute approximate surface area is 117 Å². The lowest BCUT2D eigenvalue weighted by Crippen LogP contribution is -2.39. The highest BCUT2D eigenvalue weighted by Crippen LogP contribution is 2.26. The Morgan fingerprint density at radius 2 is 2.05 bits per heavy atom. The minimum absolute atomic E-state index is 0.125. The zero-order valence-corrected chi connectivity index (χ0v) is 11.9. The van der Waals surface area contributed by atoms with Gasteiger partial charge in [0, 0.05) is 10.6 Å². The Kier molecular flexibility index (Phi) is 4.35. The first-order chi connectivity index (χ1) is 9.08. The number of nitrogens with two attached hydrogens (primary N) is 1. The SMILES string of the molecule is CC(C)[C@H](N)C(=O)Nc1cccc(-c2cccs2)c1. The Bertz CT molecular complexity index is 549. The molecule has 2 rings (SSSR count). The fourth-order valence-electron chi connectivity index (χ4n) is 1.72. The van der Waals surface area contributed by atoms with Gasteiger partial charge in [0.05, 0.1) is 6.04 Å². The third-order valence-electron chi connectivity index (χ3n) is 2.96. The van der Waals surface area contributed by atoms with Crippen molar-refractivity contribution in [2.45, 2.75) is 19.9 Å². The Morgan fingerprint density at radius 3 is 2.68 bits per heavy atom. The summed E-state index contributed by atoms with van der Waals surface area (Å²) in [5.74, 6) is -0.0150. The van der Waals surface area contributed by atoms with Crippen LogP contribution < -0.4 is 11.1 Å². The molecule has 1 atom stereocenters. The number of hydrogen-bond donors (Lipinski definition) is 2. The van der Waals surface area contributed by atoms with E-state index < -0.39 is 6.04 Å². The van der Waals surface area contributed by atoms with E-state index in [4.69, 9.17) is 5.73 Å². The molecule has 100 valence electrons. The molecular formula is C15H18N2OS. The van der Waals surface area contributed by atoms with E-state index in [1.807, 2.05) is 49.6 Å².